The molecule has 0 aliphatic rings. The Bertz CT molecular complexity index is 927. The molecule has 3 rings (SSSR count). The first-order valence-electron chi connectivity index (χ1n) is 8.00. The molecule has 0 aliphatic carbocycles. The number of aryl methyl sites for hydroxylation is 1. The first kappa shape index (κ1) is 16.7. The van der Waals surface area contributed by atoms with Crippen LogP contribution in [0, 0.1) is 6.92 Å². The molecule has 0 fully saturated rings. The van der Waals surface area contributed by atoms with Crippen LogP contribution in [0.5, 0.6) is 0 Å². The van der Waals surface area contributed by atoms with Crippen LogP contribution in [0.4, 0.5) is 0 Å². The third-order valence-corrected chi connectivity index (χ3v) is 6.15. The number of hydrogen-bond donors (Lipinski definition) is 1. The number of para-hydroxylation sites is 1. The Morgan fingerprint density at radius 1 is 1.04 bits per heavy atom. The van der Waals surface area contributed by atoms with Crippen LogP contribution in [-0.2, 0) is 22.2 Å². The van der Waals surface area contributed by atoms with Crippen molar-refractivity contribution in [3.63, 3.8) is 0 Å². The Morgan fingerprint density at radius 3 is 2.50 bits per heavy atom. The predicted molar refractivity (Wildman–Crippen MR) is 98.4 cm³/mol. The van der Waals surface area contributed by atoms with E-state index in [1.54, 1.807) is 7.05 Å². The molecular weight excluding hydrogens is 320 g/mol. The second-order valence-corrected chi connectivity index (χ2v) is 8.25. The van der Waals surface area contributed by atoms with Crippen LogP contribution in [-0.4, -0.2) is 31.3 Å². The number of rotatable bonds is 6. The Labute approximate surface area is 143 Å². The summed E-state index contributed by atoms with van der Waals surface area (Å²) in [6.45, 7) is 2.46. The summed E-state index contributed by atoms with van der Waals surface area (Å²) in [6, 6.07) is 15.7. The van der Waals surface area contributed by atoms with E-state index in [0.717, 1.165) is 27.6 Å². The monoisotopic (exact) mass is 342 g/mol. The molecule has 0 amide bonds. The Morgan fingerprint density at radius 2 is 1.75 bits per heavy atom. The number of aromatic nitrogens is 1. The predicted octanol–water partition coefficient (Wildman–Crippen LogP) is 3.48. The normalized spacial score (nSPS) is 12.1. The van der Waals surface area contributed by atoms with Crippen molar-refractivity contribution in [3.05, 3.63) is 71.4 Å². The summed E-state index contributed by atoms with van der Waals surface area (Å²) in [5.74, 6) is 0.0393. The van der Waals surface area contributed by atoms with Crippen LogP contribution in [0.25, 0.3) is 10.9 Å². The van der Waals surface area contributed by atoms with Crippen LogP contribution in [0.1, 0.15) is 16.7 Å². The molecule has 2 aromatic carbocycles. The van der Waals surface area contributed by atoms with Gasteiger partial charge in [-0.05, 0) is 30.5 Å². The highest BCUT2D eigenvalue weighted by Crippen LogP contribution is 2.19. The Kier molecular flexibility index (Phi) is 4.73. The molecule has 5 heteroatoms. The molecule has 0 atom stereocenters. The lowest BCUT2D eigenvalue weighted by Crippen LogP contribution is -2.30. The number of hydrogen-bond acceptors (Lipinski definition) is 2. The molecule has 0 aliphatic heterocycles. The zero-order chi connectivity index (χ0) is 17.2. The summed E-state index contributed by atoms with van der Waals surface area (Å²) < 4.78 is 26.5. The van der Waals surface area contributed by atoms with Crippen LogP contribution in [0.2, 0.25) is 0 Å². The lowest BCUT2D eigenvalue weighted by Gasteiger charge is -2.17. The molecule has 24 heavy (non-hydrogen) atoms. The molecule has 0 radical (unpaired) electrons. The quantitative estimate of drug-likeness (QED) is 0.745. The van der Waals surface area contributed by atoms with Crippen LogP contribution < -0.4 is 0 Å². The molecule has 126 valence electrons. The van der Waals surface area contributed by atoms with Gasteiger partial charge in [0.15, 0.2) is 0 Å². The fraction of sp³-hybridized carbons (Fsp3) is 0.263. The molecule has 1 aromatic heterocycles. The van der Waals surface area contributed by atoms with E-state index in [-0.39, 0.29) is 5.75 Å². The van der Waals surface area contributed by atoms with Crippen molar-refractivity contribution < 1.29 is 8.42 Å². The first-order chi connectivity index (χ1) is 11.5. The van der Waals surface area contributed by atoms with Crippen molar-refractivity contribution in [2.24, 2.45) is 0 Å². The molecule has 0 saturated heterocycles. The summed E-state index contributed by atoms with van der Waals surface area (Å²) in [4.78, 5) is 3.23. The maximum atomic E-state index is 12.5. The SMILES string of the molecule is Cc1ccc(CS(=O)(=O)N(C)CCc2c[nH]c3ccccc23)cc1. The number of fused-ring (bicyclic) bond motifs is 1. The van der Waals surface area contributed by atoms with E-state index < -0.39 is 10.0 Å². The van der Waals surface area contributed by atoms with Crippen LogP contribution in [0.3, 0.4) is 0 Å². The topological polar surface area (TPSA) is 53.2 Å². The van der Waals surface area contributed by atoms with Crippen molar-refractivity contribution in [2.75, 3.05) is 13.6 Å². The van der Waals surface area contributed by atoms with Crippen LogP contribution >= 0.6 is 0 Å². The van der Waals surface area contributed by atoms with Gasteiger partial charge in [0.2, 0.25) is 10.0 Å². The minimum Gasteiger partial charge on any atom is -0.361 e. The largest absolute Gasteiger partial charge is 0.361 e. The van der Waals surface area contributed by atoms with Gasteiger partial charge in [-0.25, -0.2) is 12.7 Å². The minimum absolute atomic E-state index is 0.0393. The lowest BCUT2D eigenvalue weighted by molar-refractivity contribution is 0.472. The number of likely N-dealkylation sites (N-methyl/N-ethyl adjacent to an activating group) is 1. The van der Waals surface area contributed by atoms with E-state index in [1.807, 2.05) is 55.6 Å². The maximum absolute atomic E-state index is 12.5. The van der Waals surface area contributed by atoms with E-state index in [2.05, 4.69) is 11.1 Å². The van der Waals surface area contributed by atoms with Gasteiger partial charge in [-0.3, -0.25) is 0 Å². The van der Waals surface area contributed by atoms with Gasteiger partial charge < -0.3 is 4.98 Å². The van der Waals surface area contributed by atoms with Gasteiger partial charge >= 0.3 is 0 Å². The number of sulfonamides is 1. The molecule has 0 bridgehead atoms. The number of H-pyrrole nitrogens is 1. The number of nitrogens with one attached hydrogen (secondary N) is 1. The molecule has 0 spiro atoms. The Hall–Kier alpha value is -2.11. The third-order valence-electron chi connectivity index (χ3n) is 4.32. The second kappa shape index (κ2) is 6.79. The molecule has 3 aromatic rings. The first-order valence-corrected chi connectivity index (χ1v) is 9.61. The zero-order valence-electron chi connectivity index (χ0n) is 14.0. The second-order valence-electron chi connectivity index (χ2n) is 6.17. The average molecular weight is 342 g/mol. The molecule has 4 nitrogen and oxygen atoms in total. The van der Waals surface area contributed by atoms with E-state index in [4.69, 9.17) is 0 Å². The highest BCUT2D eigenvalue weighted by molar-refractivity contribution is 7.88. The van der Waals surface area contributed by atoms with E-state index in [0.29, 0.717) is 13.0 Å². The van der Waals surface area contributed by atoms with Gasteiger partial charge in [0.1, 0.15) is 0 Å². The summed E-state index contributed by atoms with van der Waals surface area (Å²) in [7, 11) is -1.66. The standard InChI is InChI=1S/C19H22N2O2S/c1-15-7-9-16(10-8-15)14-24(22,23)21(2)12-11-17-13-20-19-6-4-3-5-18(17)19/h3-10,13,20H,11-12,14H2,1-2H3. The van der Waals surface area contributed by atoms with E-state index in [1.165, 1.54) is 4.31 Å². The van der Waals surface area contributed by atoms with E-state index in [9.17, 15) is 8.42 Å². The molecule has 0 saturated carbocycles. The van der Waals surface area contributed by atoms with Crippen molar-refractivity contribution >= 4 is 20.9 Å². The smallest absolute Gasteiger partial charge is 0.218 e. The van der Waals surface area contributed by atoms with Crippen molar-refractivity contribution in [1.82, 2.24) is 9.29 Å². The average Bonchev–Trinajstić information content (AvgIpc) is 2.98. The summed E-state index contributed by atoms with van der Waals surface area (Å²) >= 11 is 0. The van der Waals surface area contributed by atoms with Gasteiger partial charge in [-0.15, -0.1) is 0 Å². The number of benzene rings is 2. The van der Waals surface area contributed by atoms with Crippen molar-refractivity contribution in [3.8, 4) is 0 Å². The fourth-order valence-corrected chi connectivity index (χ4v) is 3.96. The fourth-order valence-electron chi connectivity index (χ4n) is 2.76. The Balaban J connectivity index is 1.67. The van der Waals surface area contributed by atoms with Gasteiger partial charge in [0.25, 0.3) is 0 Å². The van der Waals surface area contributed by atoms with Crippen molar-refractivity contribution in [2.45, 2.75) is 19.1 Å². The lowest BCUT2D eigenvalue weighted by atomic mass is 10.1. The van der Waals surface area contributed by atoms with Gasteiger partial charge in [0, 0.05) is 30.7 Å². The summed E-state index contributed by atoms with van der Waals surface area (Å²) in [5.41, 5.74) is 4.17. The van der Waals surface area contributed by atoms with Gasteiger partial charge in [-0.1, -0.05) is 48.0 Å². The van der Waals surface area contributed by atoms with Crippen LogP contribution in [0.15, 0.2) is 54.7 Å². The molecular formula is C19H22N2O2S. The molecule has 1 N–H and O–H groups in total. The highest BCUT2D eigenvalue weighted by Gasteiger charge is 2.18. The highest BCUT2D eigenvalue weighted by atomic mass is 32.2. The minimum atomic E-state index is -3.31. The van der Waals surface area contributed by atoms with Crippen molar-refractivity contribution in [1.29, 1.82) is 0 Å². The summed E-state index contributed by atoms with van der Waals surface area (Å²) in [5, 5.41) is 1.15. The maximum Gasteiger partial charge on any atom is 0.218 e. The summed E-state index contributed by atoms with van der Waals surface area (Å²) in [6.07, 6.45) is 2.65. The van der Waals surface area contributed by atoms with E-state index >= 15 is 0 Å². The van der Waals surface area contributed by atoms with Gasteiger partial charge in [0.05, 0.1) is 5.75 Å². The number of aromatic amines is 1. The molecule has 0 unspecified atom stereocenters. The van der Waals surface area contributed by atoms with Gasteiger partial charge in [-0.2, -0.15) is 0 Å². The number of nitrogens with zero attached hydrogens (tertiary/aromatic N) is 1. The zero-order valence-corrected chi connectivity index (χ0v) is 14.8. The molecule has 1 heterocycles. The third kappa shape index (κ3) is 3.68.